The number of rotatable bonds is 2. The summed E-state index contributed by atoms with van der Waals surface area (Å²) in [6.07, 6.45) is 6.76. The minimum atomic E-state index is 0.0237. The second-order valence-electron chi connectivity index (χ2n) is 5.34. The summed E-state index contributed by atoms with van der Waals surface area (Å²) >= 11 is 1.62. The van der Waals surface area contributed by atoms with Crippen LogP contribution in [0.25, 0.3) is 16.2 Å². The Bertz CT molecular complexity index is 772. The summed E-state index contributed by atoms with van der Waals surface area (Å²) in [7, 11) is 0. The van der Waals surface area contributed by atoms with Crippen LogP contribution in [-0.4, -0.2) is 14.5 Å². The molecule has 0 aliphatic heterocycles. The van der Waals surface area contributed by atoms with Crippen LogP contribution in [0.2, 0.25) is 0 Å². The first kappa shape index (κ1) is 12.1. The lowest BCUT2D eigenvalue weighted by Gasteiger charge is -2.16. The molecule has 0 unspecified atom stereocenters. The van der Waals surface area contributed by atoms with E-state index in [1.165, 1.54) is 42.4 Å². The Morgan fingerprint density at radius 2 is 2.05 bits per heavy atom. The van der Waals surface area contributed by atoms with Gasteiger partial charge in [0.25, 0.3) is 0 Å². The Balaban J connectivity index is 1.88. The van der Waals surface area contributed by atoms with Crippen LogP contribution >= 0.6 is 11.3 Å². The molecular formula is C16H16N2OS. The van der Waals surface area contributed by atoms with Gasteiger partial charge in [-0.25, -0.2) is 4.98 Å². The molecule has 0 radical (unpaired) electrons. The number of aromatic nitrogens is 2. The Labute approximate surface area is 121 Å². The average molecular weight is 284 g/mol. The van der Waals surface area contributed by atoms with Crippen LogP contribution < -0.4 is 0 Å². The van der Waals surface area contributed by atoms with Crippen LogP contribution in [0.1, 0.15) is 29.7 Å². The van der Waals surface area contributed by atoms with E-state index in [4.69, 9.17) is 0 Å². The van der Waals surface area contributed by atoms with Gasteiger partial charge in [0.1, 0.15) is 0 Å². The lowest BCUT2D eigenvalue weighted by Crippen LogP contribution is -2.02. The second-order valence-corrected chi connectivity index (χ2v) is 6.17. The zero-order chi connectivity index (χ0) is 13.5. The van der Waals surface area contributed by atoms with Crippen molar-refractivity contribution in [3.8, 4) is 11.3 Å². The highest BCUT2D eigenvalue weighted by Crippen LogP contribution is 2.31. The number of nitrogens with zero attached hydrogens (tertiary/aromatic N) is 2. The van der Waals surface area contributed by atoms with Crippen molar-refractivity contribution in [1.82, 2.24) is 9.38 Å². The molecule has 3 nitrogen and oxygen atoms in total. The van der Waals surface area contributed by atoms with Gasteiger partial charge in [-0.05, 0) is 48.4 Å². The molecular weight excluding hydrogens is 268 g/mol. The number of aliphatic hydroxyl groups is 1. The number of thiazole rings is 1. The number of imidazole rings is 1. The topological polar surface area (TPSA) is 37.5 Å². The molecule has 1 aliphatic rings. The summed E-state index contributed by atoms with van der Waals surface area (Å²) in [4.78, 5) is 5.29. The van der Waals surface area contributed by atoms with Gasteiger partial charge in [-0.2, -0.15) is 0 Å². The second kappa shape index (κ2) is 4.72. The van der Waals surface area contributed by atoms with Crippen LogP contribution in [0.15, 0.2) is 29.8 Å². The zero-order valence-electron chi connectivity index (χ0n) is 11.2. The van der Waals surface area contributed by atoms with Crippen molar-refractivity contribution in [3.63, 3.8) is 0 Å². The normalized spacial score (nSPS) is 14.7. The Morgan fingerprint density at radius 3 is 2.90 bits per heavy atom. The van der Waals surface area contributed by atoms with E-state index in [0.717, 1.165) is 16.3 Å². The fraction of sp³-hybridized carbons (Fsp3) is 0.312. The monoisotopic (exact) mass is 284 g/mol. The Kier molecular flexibility index (Phi) is 2.86. The van der Waals surface area contributed by atoms with E-state index in [1.54, 1.807) is 17.5 Å². The summed E-state index contributed by atoms with van der Waals surface area (Å²) in [5.74, 6) is 0. The molecule has 4 heteroatoms. The first-order chi connectivity index (χ1) is 9.86. The van der Waals surface area contributed by atoms with Crippen molar-refractivity contribution in [3.05, 3.63) is 46.6 Å². The molecule has 4 rings (SSSR count). The molecule has 0 saturated carbocycles. The fourth-order valence-corrected chi connectivity index (χ4v) is 3.96. The van der Waals surface area contributed by atoms with Crippen molar-refractivity contribution < 1.29 is 5.11 Å². The maximum atomic E-state index is 9.45. The molecule has 0 fully saturated rings. The van der Waals surface area contributed by atoms with Gasteiger partial charge in [0.2, 0.25) is 0 Å². The average Bonchev–Trinajstić information content (AvgIpc) is 3.08. The molecule has 1 aromatic carbocycles. The quantitative estimate of drug-likeness (QED) is 0.783. The smallest absolute Gasteiger partial charge is 0.194 e. The first-order valence-corrected chi connectivity index (χ1v) is 7.91. The highest BCUT2D eigenvalue weighted by atomic mass is 32.1. The zero-order valence-corrected chi connectivity index (χ0v) is 12.0. The van der Waals surface area contributed by atoms with E-state index in [9.17, 15) is 5.11 Å². The van der Waals surface area contributed by atoms with E-state index >= 15 is 0 Å². The number of hydrogen-bond donors (Lipinski definition) is 1. The van der Waals surface area contributed by atoms with Crippen molar-refractivity contribution in [1.29, 1.82) is 0 Å². The molecule has 2 aromatic heterocycles. The molecule has 20 heavy (non-hydrogen) atoms. The van der Waals surface area contributed by atoms with Crippen LogP contribution in [0.4, 0.5) is 0 Å². The SMILES string of the molecule is OCc1cnc2scc(-c3ccc4c(c3)CCCC4)n12. The van der Waals surface area contributed by atoms with Gasteiger partial charge in [-0.3, -0.25) is 4.40 Å². The molecule has 0 spiro atoms. The first-order valence-electron chi connectivity index (χ1n) is 7.03. The van der Waals surface area contributed by atoms with Crippen LogP contribution in [-0.2, 0) is 19.4 Å². The van der Waals surface area contributed by atoms with Crippen LogP contribution in [0, 0.1) is 0 Å². The summed E-state index contributed by atoms with van der Waals surface area (Å²) in [6.45, 7) is 0.0237. The third-order valence-electron chi connectivity index (χ3n) is 4.13. The van der Waals surface area contributed by atoms with E-state index in [1.807, 2.05) is 0 Å². The predicted octanol–water partition coefficient (Wildman–Crippen LogP) is 3.43. The molecule has 3 aromatic rings. The van der Waals surface area contributed by atoms with E-state index < -0.39 is 0 Å². The van der Waals surface area contributed by atoms with Crippen molar-refractivity contribution in [2.24, 2.45) is 0 Å². The molecule has 102 valence electrons. The van der Waals surface area contributed by atoms with Gasteiger partial charge in [0.15, 0.2) is 4.96 Å². The standard InChI is InChI=1S/C16H16N2OS/c19-9-14-8-17-16-18(14)15(10-20-16)13-6-5-11-3-1-2-4-12(11)7-13/h5-8,10,19H,1-4,9H2. The predicted molar refractivity (Wildman–Crippen MR) is 81.1 cm³/mol. The highest BCUT2D eigenvalue weighted by molar-refractivity contribution is 7.15. The van der Waals surface area contributed by atoms with E-state index in [-0.39, 0.29) is 6.61 Å². The molecule has 0 saturated heterocycles. The highest BCUT2D eigenvalue weighted by Gasteiger charge is 2.14. The maximum absolute atomic E-state index is 9.45. The molecule has 2 heterocycles. The number of hydrogen-bond acceptors (Lipinski definition) is 3. The number of fused-ring (bicyclic) bond motifs is 2. The summed E-state index contributed by atoms with van der Waals surface area (Å²) < 4.78 is 2.06. The van der Waals surface area contributed by atoms with E-state index in [0.29, 0.717) is 0 Å². The van der Waals surface area contributed by atoms with E-state index in [2.05, 4.69) is 33.0 Å². The molecule has 0 amide bonds. The summed E-state index contributed by atoms with van der Waals surface area (Å²) in [5.41, 5.74) is 6.21. The number of benzene rings is 1. The van der Waals surface area contributed by atoms with Crippen molar-refractivity contribution >= 4 is 16.3 Å². The third kappa shape index (κ3) is 1.79. The molecule has 1 N–H and O–H groups in total. The largest absolute Gasteiger partial charge is 0.390 e. The third-order valence-corrected chi connectivity index (χ3v) is 4.97. The number of aliphatic hydroxyl groups excluding tert-OH is 1. The minimum Gasteiger partial charge on any atom is -0.390 e. The lowest BCUT2D eigenvalue weighted by molar-refractivity contribution is 0.276. The Hall–Kier alpha value is -1.65. The molecule has 0 atom stereocenters. The fourth-order valence-electron chi connectivity index (χ4n) is 3.07. The molecule has 0 bridgehead atoms. The van der Waals surface area contributed by atoms with Gasteiger partial charge >= 0.3 is 0 Å². The van der Waals surface area contributed by atoms with Crippen LogP contribution in [0.3, 0.4) is 0 Å². The van der Waals surface area contributed by atoms with Gasteiger partial charge in [-0.15, -0.1) is 11.3 Å². The van der Waals surface area contributed by atoms with Crippen molar-refractivity contribution in [2.45, 2.75) is 32.3 Å². The van der Waals surface area contributed by atoms with Gasteiger partial charge in [-0.1, -0.05) is 12.1 Å². The minimum absolute atomic E-state index is 0.0237. The summed E-state index contributed by atoms with van der Waals surface area (Å²) in [5, 5.41) is 11.6. The number of aryl methyl sites for hydroxylation is 2. The van der Waals surface area contributed by atoms with Gasteiger partial charge < -0.3 is 5.11 Å². The Morgan fingerprint density at radius 1 is 1.20 bits per heavy atom. The summed E-state index contributed by atoms with van der Waals surface area (Å²) in [6, 6.07) is 6.78. The van der Waals surface area contributed by atoms with Crippen molar-refractivity contribution in [2.75, 3.05) is 0 Å². The van der Waals surface area contributed by atoms with Gasteiger partial charge in [0.05, 0.1) is 24.2 Å². The molecule has 1 aliphatic carbocycles. The van der Waals surface area contributed by atoms with Gasteiger partial charge in [0, 0.05) is 5.38 Å². The lowest BCUT2D eigenvalue weighted by atomic mass is 9.90. The maximum Gasteiger partial charge on any atom is 0.194 e. The van der Waals surface area contributed by atoms with Crippen LogP contribution in [0.5, 0.6) is 0 Å².